The summed E-state index contributed by atoms with van der Waals surface area (Å²) in [4.78, 5) is 9.77. The van der Waals surface area contributed by atoms with E-state index in [2.05, 4.69) is 443 Å². The second-order valence-electron chi connectivity index (χ2n) is 35.8. The zero-order valence-corrected chi connectivity index (χ0v) is 71.4. The van der Waals surface area contributed by atoms with Crippen molar-refractivity contribution in [1.82, 2.24) is 0 Å². The van der Waals surface area contributed by atoms with Gasteiger partial charge in [-0.15, -0.1) is 0 Å². The lowest BCUT2D eigenvalue weighted by atomic mass is 9.81. The van der Waals surface area contributed by atoms with E-state index in [1.165, 1.54) is 44.5 Å². The summed E-state index contributed by atoms with van der Waals surface area (Å²) in [6.07, 6.45) is 0. The molecule has 2 aliphatic rings. The van der Waals surface area contributed by atoms with Gasteiger partial charge in [-0.3, -0.25) is 0 Å². The fourth-order valence-electron chi connectivity index (χ4n) is 21.8. The van der Waals surface area contributed by atoms with Gasteiger partial charge >= 0.3 is 0 Å². The standard InChI is InChI=1S/C120H82N4O4/c1-71-31-13-25-49-103(71)123(105-51-29-46-92-87-41-22-27-53-111(87)125-117(92)105)109-69-97-98-70-110(124(104-50-26-14-32-72(104)2)106-52-30-47-93-88-42-23-28-54-112(88)126-118(93)106)86-60-56-73(63-94(86)116(98)128-115(97)91-45-20-17-40-85(91)109)74-55-59-80-82-62-58-78(66-102(82)120(5,6)100(80)64-74)122(76-35-11-8-12-36-76)108-68-96-95-67-107(83-38-15-18-43-89(83)113(95)127-114(96)90-44-19-16-39-84(90)108)121(75-33-9-7-10-34-75)77-57-61-81-79-37-21-24-48-99(79)119(3,4)101(81)65-77/h7-70H,1-6H3. The van der Waals surface area contributed by atoms with Crippen molar-refractivity contribution in [3.63, 3.8) is 0 Å². The molecule has 0 aliphatic heterocycles. The first-order valence-electron chi connectivity index (χ1n) is 44.3. The van der Waals surface area contributed by atoms with E-state index in [1.807, 2.05) is 6.07 Å². The molecule has 4 aromatic heterocycles. The van der Waals surface area contributed by atoms with Gasteiger partial charge in [0, 0.05) is 131 Å². The number of fused-ring (bicyclic) bond motifs is 26. The van der Waals surface area contributed by atoms with Crippen LogP contribution in [0.3, 0.4) is 0 Å². The first-order valence-corrected chi connectivity index (χ1v) is 44.3. The summed E-state index contributed by atoms with van der Waals surface area (Å²) >= 11 is 0. The van der Waals surface area contributed by atoms with Crippen LogP contribution in [0.1, 0.15) is 61.1 Å². The summed E-state index contributed by atoms with van der Waals surface area (Å²) in [5.41, 5.74) is 32.9. The van der Waals surface area contributed by atoms with Crippen molar-refractivity contribution >= 4 is 199 Å². The first-order chi connectivity index (χ1) is 62.8. The van der Waals surface area contributed by atoms with Crippen molar-refractivity contribution in [2.24, 2.45) is 0 Å². The lowest BCUT2D eigenvalue weighted by Gasteiger charge is -2.29. The zero-order chi connectivity index (χ0) is 85.1. The van der Waals surface area contributed by atoms with E-state index in [0.717, 1.165) is 221 Å². The molecule has 8 nitrogen and oxygen atoms in total. The Morgan fingerprint density at radius 3 is 0.961 bits per heavy atom. The van der Waals surface area contributed by atoms with Crippen LogP contribution in [0, 0.1) is 13.8 Å². The van der Waals surface area contributed by atoms with Gasteiger partial charge in [-0.25, -0.2) is 0 Å². The van der Waals surface area contributed by atoms with Gasteiger partial charge in [0.05, 0.1) is 34.1 Å². The van der Waals surface area contributed by atoms with Gasteiger partial charge in [0.25, 0.3) is 0 Å². The van der Waals surface area contributed by atoms with Crippen molar-refractivity contribution in [1.29, 1.82) is 0 Å². The predicted octanol–water partition coefficient (Wildman–Crippen LogP) is 34.7. The number of hydrogen-bond acceptors (Lipinski definition) is 8. The Morgan fingerprint density at radius 1 is 0.180 bits per heavy atom. The highest BCUT2D eigenvalue weighted by molar-refractivity contribution is 6.29. The molecule has 0 unspecified atom stereocenters. The van der Waals surface area contributed by atoms with E-state index in [0.29, 0.717) is 0 Å². The molecule has 20 aromatic carbocycles. The minimum absolute atomic E-state index is 0.197. The second-order valence-corrected chi connectivity index (χ2v) is 35.8. The Bertz CT molecular complexity index is 8850. The molecular weight excluding hydrogens is 1560 g/mol. The molecule has 128 heavy (non-hydrogen) atoms. The van der Waals surface area contributed by atoms with Crippen LogP contribution in [0.2, 0.25) is 0 Å². The highest BCUT2D eigenvalue weighted by Gasteiger charge is 2.40. The van der Waals surface area contributed by atoms with Crippen molar-refractivity contribution < 1.29 is 17.7 Å². The number of furan rings is 4. The average Bonchev–Trinajstić information content (AvgIpc) is 1.43. The van der Waals surface area contributed by atoms with E-state index in [4.69, 9.17) is 17.7 Å². The number of aryl methyl sites for hydroxylation is 2. The Labute approximate surface area is 738 Å². The number of benzene rings is 20. The van der Waals surface area contributed by atoms with E-state index in [9.17, 15) is 0 Å². The fourth-order valence-corrected chi connectivity index (χ4v) is 21.8. The molecule has 0 fully saturated rings. The van der Waals surface area contributed by atoms with Gasteiger partial charge in [0.1, 0.15) is 33.5 Å². The molecule has 2 aliphatic carbocycles. The van der Waals surface area contributed by atoms with E-state index in [-0.39, 0.29) is 5.41 Å². The van der Waals surface area contributed by atoms with Crippen LogP contribution in [0.4, 0.5) is 68.2 Å². The van der Waals surface area contributed by atoms with Crippen molar-refractivity contribution in [3.8, 4) is 33.4 Å². The van der Waals surface area contributed by atoms with E-state index in [1.54, 1.807) is 0 Å². The van der Waals surface area contributed by atoms with Gasteiger partial charge in [-0.1, -0.05) is 295 Å². The normalized spacial score (nSPS) is 13.2. The summed E-state index contributed by atoms with van der Waals surface area (Å²) in [5.74, 6) is 0. The molecule has 0 amide bonds. The Hall–Kier alpha value is -16.2. The van der Waals surface area contributed by atoms with Gasteiger partial charge in [0.2, 0.25) is 0 Å². The number of anilines is 12. The number of nitrogens with zero attached hydrogens (tertiary/aromatic N) is 4. The van der Waals surface area contributed by atoms with Gasteiger partial charge in [-0.05, 0) is 202 Å². The largest absolute Gasteiger partial charge is 0.455 e. The Balaban J connectivity index is 0.645. The quantitative estimate of drug-likeness (QED) is 0.113. The zero-order valence-electron chi connectivity index (χ0n) is 71.4. The van der Waals surface area contributed by atoms with Crippen molar-refractivity contribution in [2.45, 2.75) is 52.4 Å². The number of rotatable bonds is 13. The second kappa shape index (κ2) is 27.7. The minimum atomic E-state index is -0.449. The molecule has 0 atom stereocenters. The lowest BCUT2D eigenvalue weighted by Crippen LogP contribution is -2.17. The third-order valence-corrected chi connectivity index (χ3v) is 28.0. The predicted molar refractivity (Wildman–Crippen MR) is 534 cm³/mol. The third kappa shape index (κ3) is 10.8. The van der Waals surface area contributed by atoms with Crippen LogP contribution in [0.5, 0.6) is 0 Å². The molecule has 24 aromatic rings. The molecule has 4 heterocycles. The molecule has 8 heteroatoms. The van der Waals surface area contributed by atoms with Crippen LogP contribution >= 0.6 is 0 Å². The fraction of sp³-hybridized carbons (Fsp3) is 0.0667. The summed E-state index contributed by atoms with van der Waals surface area (Å²) < 4.78 is 29.2. The van der Waals surface area contributed by atoms with E-state index < -0.39 is 5.41 Å². The maximum Gasteiger partial charge on any atom is 0.159 e. The molecule has 0 saturated carbocycles. The maximum atomic E-state index is 7.73. The summed E-state index contributed by atoms with van der Waals surface area (Å²) in [5, 5.41) is 16.6. The third-order valence-electron chi connectivity index (χ3n) is 28.0. The molecule has 0 saturated heterocycles. The Morgan fingerprint density at radius 2 is 0.492 bits per heavy atom. The smallest absolute Gasteiger partial charge is 0.159 e. The van der Waals surface area contributed by atoms with Crippen LogP contribution < -0.4 is 19.6 Å². The van der Waals surface area contributed by atoms with Crippen LogP contribution in [0.25, 0.3) is 164 Å². The lowest BCUT2D eigenvalue weighted by molar-refractivity contribution is 0.660. The van der Waals surface area contributed by atoms with Crippen molar-refractivity contribution in [3.05, 3.63) is 422 Å². The maximum absolute atomic E-state index is 7.73. The first kappa shape index (κ1) is 73.4. The topological polar surface area (TPSA) is 65.5 Å². The SMILES string of the molecule is Cc1ccccc1N(c1cc2c3cc(N(c4ccccc4C)c4cccc5c4oc4ccccc45)c4ccc(-c5ccc6c(c5)C(C)(C)c5cc(N(c7ccccc7)c7cc8c9cc(N(c%10ccccc%10)c%10ccc%11c(c%10)C(C)(C)c%10ccccc%10-%11)c%10ccccc%10c9oc8c8ccccc78)ccc5-6)cc4c3oc2c2ccccc12)c1cccc2c1oc1ccccc12. The van der Waals surface area contributed by atoms with Gasteiger partial charge < -0.3 is 37.3 Å². The number of hydrogen-bond donors (Lipinski definition) is 0. The molecule has 0 bridgehead atoms. The van der Waals surface area contributed by atoms with Gasteiger partial charge in [0.15, 0.2) is 11.2 Å². The molecular formula is C120H82N4O4. The molecule has 0 radical (unpaired) electrons. The minimum Gasteiger partial charge on any atom is -0.455 e. The van der Waals surface area contributed by atoms with E-state index >= 15 is 0 Å². The molecule has 0 N–H and O–H groups in total. The summed E-state index contributed by atoms with van der Waals surface area (Å²) in [6, 6.07) is 142. The number of para-hydroxylation sites is 8. The highest BCUT2D eigenvalue weighted by Crippen LogP contribution is 2.59. The molecule has 606 valence electrons. The van der Waals surface area contributed by atoms with Crippen LogP contribution in [-0.2, 0) is 10.8 Å². The average molecular weight is 1640 g/mol. The van der Waals surface area contributed by atoms with Gasteiger partial charge in [-0.2, -0.15) is 0 Å². The molecule has 0 spiro atoms. The van der Waals surface area contributed by atoms with Crippen LogP contribution in [0.15, 0.2) is 406 Å². The summed E-state index contributed by atoms with van der Waals surface area (Å²) in [7, 11) is 0. The Kier molecular flexibility index (Phi) is 15.9. The molecule has 26 rings (SSSR count). The monoisotopic (exact) mass is 1640 g/mol. The van der Waals surface area contributed by atoms with Crippen molar-refractivity contribution in [2.75, 3.05) is 19.6 Å². The highest BCUT2D eigenvalue weighted by atomic mass is 16.3. The summed E-state index contributed by atoms with van der Waals surface area (Å²) in [6.45, 7) is 13.9. The van der Waals surface area contributed by atoms with Crippen LogP contribution in [-0.4, -0.2) is 0 Å².